The van der Waals surface area contributed by atoms with Gasteiger partial charge < -0.3 is 25.4 Å². The molecule has 0 aromatic heterocycles. The normalized spacial score (nSPS) is 9.81. The Labute approximate surface area is 124 Å². The number of hydrogen-bond donors (Lipinski definition) is 2. The first kappa shape index (κ1) is 16.6. The number of amides is 3. The first-order valence-corrected chi connectivity index (χ1v) is 6.66. The number of rotatable bonds is 8. The molecule has 0 heterocycles. The average molecular weight is 295 g/mol. The quantitative estimate of drug-likeness (QED) is 0.686. The minimum absolute atomic E-state index is 0.0710. The molecule has 0 radical (unpaired) electrons. The summed E-state index contributed by atoms with van der Waals surface area (Å²) in [5, 5.41) is 2.63. The third-order valence-corrected chi connectivity index (χ3v) is 2.58. The lowest BCUT2D eigenvalue weighted by molar-refractivity contribution is -0.121. The number of nitrogens with two attached hydrogens (primary N) is 1. The second-order valence-electron chi connectivity index (χ2n) is 4.30. The summed E-state index contributed by atoms with van der Waals surface area (Å²) in [6, 6.07) is 6.59. The van der Waals surface area contributed by atoms with Crippen molar-refractivity contribution in [1.29, 1.82) is 0 Å². The molecule has 7 nitrogen and oxygen atoms in total. The van der Waals surface area contributed by atoms with Crippen LogP contribution in [0.25, 0.3) is 0 Å². The van der Waals surface area contributed by atoms with Gasteiger partial charge in [0.25, 0.3) is 0 Å². The number of benzene rings is 1. The molecule has 0 aliphatic carbocycles. The topological polar surface area (TPSA) is 93.9 Å². The molecular formula is C14H21N3O4. The number of hydrogen-bond acceptors (Lipinski definition) is 4. The fraction of sp³-hybridized carbons (Fsp3) is 0.429. The van der Waals surface area contributed by atoms with Crippen molar-refractivity contribution in [2.45, 2.75) is 6.92 Å². The van der Waals surface area contributed by atoms with Crippen LogP contribution in [0.3, 0.4) is 0 Å². The Kier molecular flexibility index (Phi) is 6.86. The van der Waals surface area contributed by atoms with Crippen LogP contribution in [0, 0.1) is 0 Å². The number of urea groups is 1. The minimum Gasteiger partial charge on any atom is -0.494 e. The Morgan fingerprint density at radius 1 is 1.19 bits per heavy atom. The summed E-state index contributed by atoms with van der Waals surface area (Å²) in [7, 11) is 1.46. The van der Waals surface area contributed by atoms with Gasteiger partial charge in [-0.3, -0.25) is 4.79 Å². The van der Waals surface area contributed by atoms with Gasteiger partial charge in [0.2, 0.25) is 5.91 Å². The molecule has 1 rings (SSSR count). The Balaban J connectivity index is 2.21. The molecule has 0 saturated heterocycles. The molecule has 0 aliphatic heterocycles. The van der Waals surface area contributed by atoms with Crippen LogP contribution in [-0.2, 0) is 4.79 Å². The van der Waals surface area contributed by atoms with Crippen LogP contribution in [0.1, 0.15) is 6.92 Å². The van der Waals surface area contributed by atoms with Crippen LogP contribution in [0.5, 0.6) is 11.5 Å². The van der Waals surface area contributed by atoms with Crippen LogP contribution >= 0.6 is 0 Å². The molecule has 116 valence electrons. The molecule has 1 aromatic carbocycles. The smallest absolute Gasteiger partial charge is 0.314 e. The fourth-order valence-electron chi connectivity index (χ4n) is 1.51. The lowest BCUT2D eigenvalue weighted by Gasteiger charge is -2.14. The lowest BCUT2D eigenvalue weighted by Crippen LogP contribution is -2.41. The van der Waals surface area contributed by atoms with Gasteiger partial charge >= 0.3 is 6.03 Å². The van der Waals surface area contributed by atoms with Gasteiger partial charge in [-0.15, -0.1) is 0 Å². The van der Waals surface area contributed by atoms with E-state index in [2.05, 4.69) is 5.32 Å². The second-order valence-corrected chi connectivity index (χ2v) is 4.30. The lowest BCUT2D eigenvalue weighted by atomic mass is 10.3. The fourth-order valence-corrected chi connectivity index (χ4v) is 1.51. The Hall–Kier alpha value is -2.44. The van der Waals surface area contributed by atoms with Crippen molar-refractivity contribution in [3.8, 4) is 11.5 Å². The highest BCUT2D eigenvalue weighted by molar-refractivity contribution is 5.83. The summed E-state index contributed by atoms with van der Waals surface area (Å²) < 4.78 is 10.8. The molecule has 1 aromatic rings. The maximum absolute atomic E-state index is 11.5. The van der Waals surface area contributed by atoms with Gasteiger partial charge in [0, 0.05) is 7.05 Å². The Morgan fingerprint density at radius 2 is 1.76 bits per heavy atom. The van der Waals surface area contributed by atoms with Crippen LogP contribution in [0.2, 0.25) is 0 Å². The second kappa shape index (κ2) is 8.68. The first-order valence-electron chi connectivity index (χ1n) is 6.66. The number of likely N-dealkylation sites (N-methyl/N-ethyl adjacent to an activating group) is 1. The summed E-state index contributed by atoms with van der Waals surface area (Å²) in [4.78, 5) is 23.3. The largest absolute Gasteiger partial charge is 0.494 e. The van der Waals surface area contributed by atoms with E-state index >= 15 is 0 Å². The van der Waals surface area contributed by atoms with Gasteiger partial charge in [-0.2, -0.15) is 0 Å². The number of carbonyl (C=O) groups is 2. The number of primary amides is 1. The third kappa shape index (κ3) is 6.51. The van der Waals surface area contributed by atoms with Crippen molar-refractivity contribution in [3.63, 3.8) is 0 Å². The zero-order chi connectivity index (χ0) is 15.7. The summed E-state index contributed by atoms with van der Waals surface area (Å²) in [6.07, 6.45) is 0. The van der Waals surface area contributed by atoms with E-state index in [1.54, 1.807) is 12.1 Å². The van der Waals surface area contributed by atoms with E-state index in [-0.39, 0.29) is 12.5 Å². The number of ether oxygens (including phenoxy) is 2. The van der Waals surface area contributed by atoms with Gasteiger partial charge in [-0.1, -0.05) is 0 Å². The van der Waals surface area contributed by atoms with Gasteiger partial charge in [0.05, 0.1) is 13.2 Å². The number of carbonyl (C=O) groups excluding carboxylic acids is 2. The van der Waals surface area contributed by atoms with E-state index in [4.69, 9.17) is 15.2 Å². The van der Waals surface area contributed by atoms with Gasteiger partial charge in [0.1, 0.15) is 24.7 Å². The summed E-state index contributed by atoms with van der Waals surface area (Å²) >= 11 is 0. The van der Waals surface area contributed by atoms with Crippen molar-refractivity contribution in [1.82, 2.24) is 10.2 Å². The molecule has 3 N–H and O–H groups in total. The highest BCUT2D eigenvalue weighted by atomic mass is 16.5. The third-order valence-electron chi connectivity index (χ3n) is 2.58. The number of nitrogens with zero attached hydrogens (tertiary/aromatic N) is 1. The molecule has 0 bridgehead atoms. The zero-order valence-electron chi connectivity index (χ0n) is 12.3. The maximum atomic E-state index is 11.5. The first-order chi connectivity index (χ1) is 10.0. The van der Waals surface area contributed by atoms with E-state index in [1.165, 1.54) is 7.05 Å². The van der Waals surface area contributed by atoms with Crippen LogP contribution in [0.15, 0.2) is 24.3 Å². The molecule has 0 spiro atoms. The summed E-state index contributed by atoms with van der Waals surface area (Å²) in [5.41, 5.74) is 5.02. The maximum Gasteiger partial charge on any atom is 0.314 e. The molecule has 7 heteroatoms. The van der Waals surface area contributed by atoms with E-state index in [9.17, 15) is 9.59 Å². The summed E-state index contributed by atoms with van der Waals surface area (Å²) in [5.74, 6) is 1.20. The molecule has 0 fully saturated rings. The van der Waals surface area contributed by atoms with Crippen molar-refractivity contribution >= 4 is 11.9 Å². The van der Waals surface area contributed by atoms with Gasteiger partial charge in [-0.25, -0.2) is 4.79 Å². The standard InChI is InChI=1S/C14H21N3O4/c1-3-20-11-4-6-12(7-5-11)21-9-8-16-13(18)10-17(2)14(15)19/h4-7H,3,8-10H2,1-2H3,(H2,15,19)(H,16,18). The summed E-state index contributed by atoms with van der Waals surface area (Å²) in [6.45, 7) is 3.14. The van der Waals surface area contributed by atoms with Gasteiger partial charge in [0.15, 0.2) is 0 Å². The van der Waals surface area contributed by atoms with Crippen molar-refractivity contribution < 1.29 is 19.1 Å². The van der Waals surface area contributed by atoms with Crippen LogP contribution in [0.4, 0.5) is 4.79 Å². The molecule has 0 saturated carbocycles. The predicted molar refractivity (Wildman–Crippen MR) is 78.3 cm³/mol. The van der Waals surface area contributed by atoms with Crippen LogP contribution < -0.4 is 20.5 Å². The molecule has 0 atom stereocenters. The zero-order valence-corrected chi connectivity index (χ0v) is 12.3. The molecule has 0 unspecified atom stereocenters. The average Bonchev–Trinajstić information content (AvgIpc) is 2.45. The highest BCUT2D eigenvalue weighted by Crippen LogP contribution is 2.17. The Morgan fingerprint density at radius 3 is 2.29 bits per heavy atom. The van der Waals surface area contributed by atoms with E-state index in [0.717, 1.165) is 10.6 Å². The van der Waals surface area contributed by atoms with Crippen LogP contribution in [-0.4, -0.2) is 50.2 Å². The molecule has 0 aliphatic rings. The number of nitrogens with one attached hydrogen (secondary N) is 1. The Bertz CT molecular complexity index is 462. The molecular weight excluding hydrogens is 274 g/mol. The predicted octanol–water partition coefficient (Wildman–Crippen LogP) is 0.591. The molecule has 3 amide bonds. The van der Waals surface area contributed by atoms with Crippen molar-refractivity contribution in [3.05, 3.63) is 24.3 Å². The minimum atomic E-state index is -0.643. The van der Waals surface area contributed by atoms with E-state index < -0.39 is 6.03 Å². The van der Waals surface area contributed by atoms with E-state index in [0.29, 0.717) is 25.5 Å². The van der Waals surface area contributed by atoms with Gasteiger partial charge in [-0.05, 0) is 31.2 Å². The van der Waals surface area contributed by atoms with Crippen molar-refractivity contribution in [2.24, 2.45) is 5.73 Å². The monoisotopic (exact) mass is 295 g/mol. The van der Waals surface area contributed by atoms with Crippen molar-refractivity contribution in [2.75, 3.05) is 33.4 Å². The molecule has 21 heavy (non-hydrogen) atoms. The van der Waals surface area contributed by atoms with E-state index in [1.807, 2.05) is 19.1 Å². The highest BCUT2D eigenvalue weighted by Gasteiger charge is 2.08. The SMILES string of the molecule is CCOc1ccc(OCCNC(=O)CN(C)C(N)=O)cc1.